The van der Waals surface area contributed by atoms with Gasteiger partial charge < -0.3 is 10.1 Å². The van der Waals surface area contributed by atoms with Crippen molar-refractivity contribution in [1.29, 1.82) is 0 Å². The van der Waals surface area contributed by atoms with Gasteiger partial charge in [0.2, 0.25) is 5.95 Å². The highest BCUT2D eigenvalue weighted by atomic mass is 19.4. The van der Waals surface area contributed by atoms with Crippen molar-refractivity contribution in [2.24, 2.45) is 0 Å². The van der Waals surface area contributed by atoms with Gasteiger partial charge in [0.1, 0.15) is 5.82 Å². The first kappa shape index (κ1) is 23.8. The van der Waals surface area contributed by atoms with Crippen LogP contribution in [0.1, 0.15) is 28.7 Å². The molecular formula is C23H18F4N6O2. The minimum Gasteiger partial charge on any atom is -0.462 e. The van der Waals surface area contributed by atoms with Gasteiger partial charge in [-0.25, -0.2) is 18.9 Å². The lowest BCUT2D eigenvalue weighted by atomic mass is 10.1. The number of alkyl halides is 3. The third kappa shape index (κ3) is 5.26. The van der Waals surface area contributed by atoms with Crippen molar-refractivity contribution in [3.63, 3.8) is 0 Å². The normalized spacial score (nSPS) is 11.4. The van der Waals surface area contributed by atoms with E-state index in [4.69, 9.17) is 4.74 Å². The number of aromatic nitrogens is 5. The summed E-state index contributed by atoms with van der Waals surface area (Å²) in [4.78, 5) is 24.8. The maximum Gasteiger partial charge on any atom is 0.435 e. The average Bonchev–Trinajstić information content (AvgIpc) is 3.21. The molecule has 35 heavy (non-hydrogen) atoms. The number of nitrogens with zero attached hydrogens (tertiary/aromatic N) is 5. The van der Waals surface area contributed by atoms with Crippen molar-refractivity contribution in [2.45, 2.75) is 20.0 Å². The van der Waals surface area contributed by atoms with E-state index in [1.54, 1.807) is 13.0 Å². The van der Waals surface area contributed by atoms with Crippen LogP contribution in [-0.2, 0) is 10.9 Å². The van der Waals surface area contributed by atoms with Gasteiger partial charge in [0.05, 0.1) is 12.2 Å². The predicted octanol–water partition coefficient (Wildman–Crippen LogP) is 5.11. The largest absolute Gasteiger partial charge is 0.462 e. The first-order valence-corrected chi connectivity index (χ1v) is 10.3. The number of rotatable bonds is 6. The highest BCUT2D eigenvalue weighted by molar-refractivity contribution is 5.90. The number of benzene rings is 1. The average molecular weight is 486 g/mol. The molecule has 4 aromatic rings. The van der Waals surface area contributed by atoms with Crippen molar-refractivity contribution in [2.75, 3.05) is 11.9 Å². The Hall–Kier alpha value is -4.35. The molecule has 0 bridgehead atoms. The van der Waals surface area contributed by atoms with Crippen molar-refractivity contribution >= 4 is 17.6 Å². The third-order valence-electron chi connectivity index (χ3n) is 4.79. The molecule has 1 aromatic carbocycles. The molecule has 0 atom stereocenters. The first-order valence-electron chi connectivity index (χ1n) is 10.3. The topological polar surface area (TPSA) is 94.8 Å². The Bertz CT molecular complexity index is 1390. The molecule has 4 rings (SSSR count). The quantitative estimate of drug-likeness (QED) is 0.299. The van der Waals surface area contributed by atoms with Crippen LogP contribution in [0.15, 0.2) is 55.0 Å². The Kier molecular flexibility index (Phi) is 6.45. The smallest absolute Gasteiger partial charge is 0.435 e. The number of anilines is 2. The van der Waals surface area contributed by atoms with Crippen LogP contribution in [0.25, 0.3) is 16.9 Å². The van der Waals surface area contributed by atoms with Crippen molar-refractivity contribution in [3.8, 4) is 16.9 Å². The summed E-state index contributed by atoms with van der Waals surface area (Å²) in [5, 5.41) is 6.51. The van der Waals surface area contributed by atoms with E-state index >= 15 is 0 Å². The molecule has 0 radical (unpaired) electrons. The van der Waals surface area contributed by atoms with Gasteiger partial charge in [-0.1, -0.05) is 6.07 Å². The number of carbonyl (C=O) groups excluding carboxylic acids is 1. The number of pyridine rings is 1. The van der Waals surface area contributed by atoms with Crippen LogP contribution < -0.4 is 5.32 Å². The number of hydrogen-bond acceptors (Lipinski definition) is 7. The maximum atomic E-state index is 13.6. The van der Waals surface area contributed by atoms with E-state index in [9.17, 15) is 22.4 Å². The Balaban J connectivity index is 1.85. The fourth-order valence-electron chi connectivity index (χ4n) is 3.23. The fraction of sp³-hybridized carbons (Fsp3) is 0.174. The summed E-state index contributed by atoms with van der Waals surface area (Å²) < 4.78 is 59.6. The summed E-state index contributed by atoms with van der Waals surface area (Å²) in [6, 6.07) is 7.89. The summed E-state index contributed by atoms with van der Waals surface area (Å²) in [7, 11) is 0. The van der Waals surface area contributed by atoms with Gasteiger partial charge in [-0.3, -0.25) is 4.98 Å². The summed E-state index contributed by atoms with van der Waals surface area (Å²) in [5.41, 5.74) is 0.147. The molecule has 0 fully saturated rings. The minimum absolute atomic E-state index is 0.00490. The van der Waals surface area contributed by atoms with Gasteiger partial charge >= 0.3 is 12.1 Å². The van der Waals surface area contributed by atoms with Gasteiger partial charge in [0.25, 0.3) is 0 Å². The Morgan fingerprint density at radius 3 is 2.63 bits per heavy atom. The van der Waals surface area contributed by atoms with Crippen LogP contribution in [0.5, 0.6) is 0 Å². The maximum absolute atomic E-state index is 13.6. The summed E-state index contributed by atoms with van der Waals surface area (Å²) in [6.45, 7) is 3.26. The minimum atomic E-state index is -4.67. The summed E-state index contributed by atoms with van der Waals surface area (Å²) in [5.74, 6) is -1.11. The van der Waals surface area contributed by atoms with Crippen molar-refractivity contribution in [3.05, 3.63) is 77.8 Å². The number of esters is 1. The van der Waals surface area contributed by atoms with Crippen LogP contribution in [0.3, 0.4) is 0 Å². The molecule has 0 spiro atoms. The number of halogens is 4. The van der Waals surface area contributed by atoms with Crippen LogP contribution >= 0.6 is 0 Å². The molecule has 3 heterocycles. The number of hydrogen-bond donors (Lipinski definition) is 1. The van der Waals surface area contributed by atoms with E-state index in [0.717, 1.165) is 10.7 Å². The molecule has 0 aliphatic heterocycles. The van der Waals surface area contributed by atoms with Gasteiger partial charge in [-0.05, 0) is 44.2 Å². The molecule has 0 saturated heterocycles. The zero-order valence-corrected chi connectivity index (χ0v) is 18.5. The number of aryl methyl sites for hydroxylation is 1. The third-order valence-corrected chi connectivity index (χ3v) is 4.79. The monoisotopic (exact) mass is 486 g/mol. The van der Waals surface area contributed by atoms with Crippen LogP contribution in [-0.4, -0.2) is 37.3 Å². The molecular weight excluding hydrogens is 468 g/mol. The molecule has 0 saturated carbocycles. The molecule has 1 N–H and O–H groups in total. The van der Waals surface area contributed by atoms with Crippen molar-refractivity contribution < 1.29 is 27.1 Å². The van der Waals surface area contributed by atoms with E-state index in [1.807, 2.05) is 0 Å². The number of carbonyl (C=O) groups is 1. The second-order valence-corrected chi connectivity index (χ2v) is 7.33. The SMILES string of the molecule is CCOC(=O)c1cncc(-c2cnc(Nc3cccc(F)c3)nc2-n2nc(C(F)(F)F)cc2C)c1. The second kappa shape index (κ2) is 9.49. The van der Waals surface area contributed by atoms with Crippen LogP contribution in [0.4, 0.5) is 29.2 Å². The van der Waals surface area contributed by atoms with Crippen LogP contribution in [0.2, 0.25) is 0 Å². The zero-order chi connectivity index (χ0) is 25.2. The standard InChI is InChI=1S/C23H18F4N6O2/c1-3-35-21(34)15-8-14(10-28-11-15)18-12-29-22(30-17-6-4-5-16(24)9-17)31-20(18)33-13(2)7-19(32-33)23(25,26)27/h4-12H,3H2,1-2H3,(H,29,30,31). The molecule has 0 aliphatic carbocycles. The molecule has 12 heteroatoms. The molecule has 0 amide bonds. The van der Waals surface area contributed by atoms with E-state index in [-0.39, 0.29) is 35.2 Å². The molecule has 0 aliphatic rings. The molecule has 0 unspecified atom stereocenters. The number of nitrogens with one attached hydrogen (secondary N) is 1. The highest BCUT2D eigenvalue weighted by Gasteiger charge is 2.35. The second-order valence-electron chi connectivity index (χ2n) is 7.33. The summed E-state index contributed by atoms with van der Waals surface area (Å²) in [6.07, 6.45) is -0.599. The van der Waals surface area contributed by atoms with E-state index in [2.05, 4.69) is 25.4 Å². The van der Waals surface area contributed by atoms with E-state index < -0.39 is 23.7 Å². The molecule has 180 valence electrons. The summed E-state index contributed by atoms with van der Waals surface area (Å²) >= 11 is 0. The Morgan fingerprint density at radius 2 is 1.94 bits per heavy atom. The van der Waals surface area contributed by atoms with Gasteiger partial charge in [-0.2, -0.15) is 23.3 Å². The van der Waals surface area contributed by atoms with Gasteiger partial charge in [0.15, 0.2) is 11.5 Å². The zero-order valence-electron chi connectivity index (χ0n) is 18.5. The van der Waals surface area contributed by atoms with Gasteiger partial charge in [0, 0.05) is 41.1 Å². The first-order chi connectivity index (χ1) is 16.7. The lowest BCUT2D eigenvalue weighted by Gasteiger charge is -2.13. The molecule has 8 nitrogen and oxygen atoms in total. The Labute approximate surface area is 196 Å². The lowest BCUT2D eigenvalue weighted by Crippen LogP contribution is -2.11. The van der Waals surface area contributed by atoms with Crippen molar-refractivity contribution in [1.82, 2.24) is 24.7 Å². The predicted molar refractivity (Wildman–Crippen MR) is 118 cm³/mol. The van der Waals surface area contributed by atoms with E-state index in [0.29, 0.717) is 11.3 Å². The van der Waals surface area contributed by atoms with E-state index in [1.165, 1.54) is 49.8 Å². The van der Waals surface area contributed by atoms with Gasteiger partial charge in [-0.15, -0.1) is 0 Å². The molecule has 3 aromatic heterocycles. The Morgan fingerprint density at radius 1 is 1.14 bits per heavy atom. The lowest BCUT2D eigenvalue weighted by molar-refractivity contribution is -0.141. The fourth-order valence-corrected chi connectivity index (χ4v) is 3.23. The van der Waals surface area contributed by atoms with Crippen LogP contribution in [0, 0.1) is 12.7 Å². The number of ether oxygens (including phenoxy) is 1. The highest BCUT2D eigenvalue weighted by Crippen LogP contribution is 2.32.